The van der Waals surface area contributed by atoms with E-state index in [-0.39, 0.29) is 0 Å². The molecule has 0 aliphatic carbocycles. The van der Waals surface area contributed by atoms with Gasteiger partial charge in [0.15, 0.2) is 5.82 Å². The molecule has 8 heteroatoms. The third-order valence-corrected chi connectivity index (χ3v) is 8.99. The molecule has 0 unspecified atom stereocenters. The van der Waals surface area contributed by atoms with Crippen LogP contribution in [0.4, 0.5) is 0 Å². The Morgan fingerprint density at radius 2 is 1.68 bits per heavy atom. The van der Waals surface area contributed by atoms with Gasteiger partial charge in [-0.3, -0.25) is 9.97 Å². The van der Waals surface area contributed by atoms with Crippen LogP contribution in [0, 0.1) is 0 Å². The topological polar surface area (TPSA) is 81.5 Å². The van der Waals surface area contributed by atoms with Crippen LogP contribution < -0.4 is 0 Å². The van der Waals surface area contributed by atoms with Gasteiger partial charge in [0.25, 0.3) is 0 Å². The fourth-order valence-corrected chi connectivity index (χ4v) is 5.87. The minimum Gasteiger partial charge on any atom is -0.360 e. The number of imidazole rings is 1. The maximum Gasteiger partial charge on any atom is 0.159 e. The third kappa shape index (κ3) is 5.20. The number of pyridine rings is 2. The molecule has 0 amide bonds. The lowest BCUT2D eigenvalue weighted by atomic mass is 9.92. The second-order valence-corrected chi connectivity index (χ2v) is 17.0. The first-order valence-corrected chi connectivity index (χ1v) is 17.5. The molecule has 7 nitrogen and oxygen atoms in total. The van der Waals surface area contributed by atoms with Gasteiger partial charge in [-0.05, 0) is 65.6 Å². The van der Waals surface area contributed by atoms with E-state index in [9.17, 15) is 0 Å². The third-order valence-electron chi connectivity index (χ3n) is 7.29. The predicted octanol–water partition coefficient (Wildman–Crippen LogP) is 7.58. The summed E-state index contributed by atoms with van der Waals surface area (Å²) < 4.78 is 8.07. The second-order valence-electron chi connectivity index (χ2n) is 11.3. The highest BCUT2D eigenvalue weighted by Crippen LogP contribution is 2.36. The number of H-pyrrole nitrogens is 1. The quantitative estimate of drug-likeness (QED) is 0.149. The van der Waals surface area contributed by atoms with Crippen LogP contribution in [-0.4, -0.2) is 44.4 Å². The zero-order valence-electron chi connectivity index (χ0n) is 23.5. The first-order valence-electron chi connectivity index (χ1n) is 13.8. The van der Waals surface area contributed by atoms with Crippen molar-refractivity contribution < 1.29 is 4.74 Å². The number of aromatic amines is 1. The Kier molecular flexibility index (Phi) is 7.04. The van der Waals surface area contributed by atoms with Gasteiger partial charge in [-0.25, -0.2) is 9.67 Å². The van der Waals surface area contributed by atoms with Crippen molar-refractivity contribution in [2.75, 3.05) is 6.61 Å². The molecule has 6 rings (SSSR count). The van der Waals surface area contributed by atoms with Gasteiger partial charge in [-0.15, -0.1) is 0 Å². The van der Waals surface area contributed by atoms with Crippen molar-refractivity contribution in [2.24, 2.45) is 0 Å². The molecule has 0 atom stereocenters. The summed E-state index contributed by atoms with van der Waals surface area (Å²) in [5, 5.41) is 6.05. The SMILES string of the molecule is CCc1c(-c2ccncc2)cncc1-c1ccc2c(c1)c(-c1nc3ccccc3[nH]1)nn2COCC[Si](C)(C)C. The van der Waals surface area contributed by atoms with E-state index in [1.165, 1.54) is 5.56 Å². The first-order chi connectivity index (χ1) is 19.4. The smallest absolute Gasteiger partial charge is 0.159 e. The summed E-state index contributed by atoms with van der Waals surface area (Å²) in [4.78, 5) is 17.2. The molecular formula is C32H34N6OSi. The molecule has 0 spiro atoms. The van der Waals surface area contributed by atoms with Crippen LogP contribution in [0.1, 0.15) is 12.5 Å². The molecule has 2 aromatic carbocycles. The number of hydrogen-bond acceptors (Lipinski definition) is 5. The molecule has 4 aromatic heterocycles. The summed E-state index contributed by atoms with van der Waals surface area (Å²) in [5.41, 5.74) is 9.47. The Labute approximate surface area is 235 Å². The van der Waals surface area contributed by atoms with E-state index in [4.69, 9.17) is 14.8 Å². The monoisotopic (exact) mass is 546 g/mol. The van der Waals surface area contributed by atoms with Crippen molar-refractivity contribution in [3.8, 4) is 33.8 Å². The molecule has 0 saturated carbocycles. The van der Waals surface area contributed by atoms with Crippen molar-refractivity contribution in [3.05, 3.63) is 84.9 Å². The highest BCUT2D eigenvalue weighted by Gasteiger charge is 2.19. The molecular weight excluding hydrogens is 512 g/mol. The molecule has 6 aromatic rings. The Morgan fingerprint density at radius 1 is 0.900 bits per heavy atom. The lowest BCUT2D eigenvalue weighted by Gasteiger charge is -2.15. The summed E-state index contributed by atoms with van der Waals surface area (Å²) in [7, 11) is -1.18. The molecule has 0 saturated heterocycles. The zero-order chi connectivity index (χ0) is 27.7. The van der Waals surface area contributed by atoms with Crippen LogP contribution in [0.25, 0.3) is 55.7 Å². The Hall–Kier alpha value is -4.14. The molecule has 0 fully saturated rings. The van der Waals surface area contributed by atoms with E-state index < -0.39 is 8.07 Å². The summed E-state index contributed by atoms with van der Waals surface area (Å²) in [5.74, 6) is 0.753. The number of hydrogen-bond donors (Lipinski definition) is 1. The minimum absolute atomic E-state index is 0.403. The molecule has 0 radical (unpaired) electrons. The van der Waals surface area contributed by atoms with Crippen molar-refractivity contribution in [1.29, 1.82) is 0 Å². The number of benzene rings is 2. The number of nitrogens with zero attached hydrogens (tertiary/aromatic N) is 5. The van der Waals surface area contributed by atoms with Crippen LogP contribution in [-0.2, 0) is 17.9 Å². The van der Waals surface area contributed by atoms with Gasteiger partial charge >= 0.3 is 0 Å². The highest BCUT2D eigenvalue weighted by molar-refractivity contribution is 6.76. The number of ether oxygens (including phenoxy) is 1. The number of aromatic nitrogens is 6. The van der Waals surface area contributed by atoms with Crippen molar-refractivity contribution in [2.45, 2.75) is 45.8 Å². The minimum atomic E-state index is -1.18. The molecule has 4 heterocycles. The van der Waals surface area contributed by atoms with Gasteiger partial charge in [-0.2, -0.15) is 5.10 Å². The molecule has 0 aliphatic heterocycles. The molecule has 0 aliphatic rings. The van der Waals surface area contributed by atoms with Gasteiger partial charge in [0.1, 0.15) is 12.4 Å². The Bertz CT molecular complexity index is 1750. The summed E-state index contributed by atoms with van der Waals surface area (Å²) in [6, 6.07) is 19.8. The molecule has 40 heavy (non-hydrogen) atoms. The van der Waals surface area contributed by atoms with Crippen LogP contribution in [0.15, 0.2) is 79.4 Å². The average molecular weight is 547 g/mol. The maximum atomic E-state index is 6.12. The lowest BCUT2D eigenvalue weighted by Crippen LogP contribution is -2.22. The molecule has 0 bridgehead atoms. The van der Waals surface area contributed by atoms with E-state index >= 15 is 0 Å². The normalized spacial score (nSPS) is 12.0. The highest BCUT2D eigenvalue weighted by atomic mass is 28.3. The van der Waals surface area contributed by atoms with Gasteiger partial charge in [0.05, 0.1) is 16.6 Å². The zero-order valence-corrected chi connectivity index (χ0v) is 24.5. The van der Waals surface area contributed by atoms with Gasteiger partial charge in [0, 0.05) is 56.0 Å². The number of rotatable bonds is 9. The van der Waals surface area contributed by atoms with Crippen LogP contribution in [0.3, 0.4) is 0 Å². The van der Waals surface area contributed by atoms with Crippen molar-refractivity contribution in [1.82, 2.24) is 29.7 Å². The van der Waals surface area contributed by atoms with E-state index in [1.807, 2.05) is 65.9 Å². The van der Waals surface area contributed by atoms with Crippen LogP contribution >= 0.6 is 0 Å². The lowest BCUT2D eigenvalue weighted by molar-refractivity contribution is 0.0818. The largest absolute Gasteiger partial charge is 0.360 e. The molecule has 202 valence electrons. The Morgan fingerprint density at radius 3 is 2.42 bits per heavy atom. The summed E-state index contributed by atoms with van der Waals surface area (Å²) in [6.45, 7) is 10.4. The number of fused-ring (bicyclic) bond motifs is 2. The fraction of sp³-hybridized carbons (Fsp3) is 0.250. The van der Waals surface area contributed by atoms with E-state index in [1.54, 1.807) is 0 Å². The number of para-hydroxylation sites is 2. The standard InChI is InChI=1S/C32H34N6OSi/c1-5-24-26(22-12-14-33-15-13-22)19-34-20-27(24)23-10-11-30-25(18-23)31(32-35-28-8-6-7-9-29(28)36-32)37-38(30)21-39-16-17-40(2,3)4/h6-15,18-20H,5,16-17,21H2,1-4H3,(H,35,36). The number of nitrogens with one attached hydrogen (secondary N) is 1. The Balaban J connectivity index is 1.46. The summed E-state index contributed by atoms with van der Waals surface area (Å²) in [6.07, 6.45) is 8.45. The average Bonchev–Trinajstić information content (AvgIpc) is 3.56. The maximum absolute atomic E-state index is 6.12. The van der Waals surface area contributed by atoms with E-state index in [0.29, 0.717) is 6.73 Å². The second kappa shape index (κ2) is 10.8. The fourth-order valence-electron chi connectivity index (χ4n) is 5.11. The van der Waals surface area contributed by atoms with Gasteiger partial charge in [-0.1, -0.05) is 44.8 Å². The van der Waals surface area contributed by atoms with Crippen LogP contribution in [0.2, 0.25) is 25.7 Å². The molecule has 1 N–H and O–H groups in total. The van der Waals surface area contributed by atoms with Crippen LogP contribution in [0.5, 0.6) is 0 Å². The van der Waals surface area contributed by atoms with Crippen molar-refractivity contribution >= 4 is 30.0 Å². The van der Waals surface area contributed by atoms with Gasteiger partial charge < -0.3 is 9.72 Å². The van der Waals surface area contributed by atoms with E-state index in [0.717, 1.165) is 74.8 Å². The van der Waals surface area contributed by atoms with Gasteiger partial charge in [0.2, 0.25) is 0 Å². The van der Waals surface area contributed by atoms with E-state index in [2.05, 4.69) is 59.7 Å². The predicted molar refractivity (Wildman–Crippen MR) is 165 cm³/mol. The first kappa shape index (κ1) is 26.1. The van der Waals surface area contributed by atoms with Crippen molar-refractivity contribution in [3.63, 3.8) is 0 Å². The summed E-state index contributed by atoms with van der Waals surface area (Å²) >= 11 is 0.